The Labute approximate surface area is 137 Å². The lowest BCUT2D eigenvalue weighted by Crippen LogP contribution is -2.17. The van der Waals surface area contributed by atoms with Gasteiger partial charge < -0.3 is 10.0 Å². The van der Waals surface area contributed by atoms with E-state index >= 15 is 0 Å². The van der Waals surface area contributed by atoms with E-state index in [9.17, 15) is 9.90 Å². The largest absolute Gasteiger partial charge is 0.507 e. The topological polar surface area (TPSA) is 64.9 Å². The molecular weight excluding hydrogens is 346 g/mol. The number of carbonyl (C=O) groups excluding carboxylic acids is 1. The lowest BCUT2D eigenvalue weighted by Gasteiger charge is -2.11. The molecule has 0 aliphatic heterocycles. The van der Waals surface area contributed by atoms with E-state index < -0.39 is 5.91 Å². The molecule has 0 saturated carbocycles. The second-order valence-corrected chi connectivity index (χ2v) is 5.76. The van der Waals surface area contributed by atoms with E-state index in [0.29, 0.717) is 4.47 Å². The molecule has 2 rings (SSSR count). The van der Waals surface area contributed by atoms with Gasteiger partial charge in [0, 0.05) is 24.3 Å². The van der Waals surface area contributed by atoms with Crippen LogP contribution in [0.25, 0.3) is 0 Å². The van der Waals surface area contributed by atoms with Gasteiger partial charge in [-0.15, -0.1) is 0 Å². The monoisotopic (exact) mass is 361 g/mol. The molecular formula is C16H16BrN3O2. The fourth-order valence-electron chi connectivity index (χ4n) is 1.77. The number of hydrogen-bond acceptors (Lipinski definition) is 4. The third-order valence-corrected chi connectivity index (χ3v) is 3.49. The zero-order valence-corrected chi connectivity index (χ0v) is 13.8. The molecule has 114 valence electrons. The summed E-state index contributed by atoms with van der Waals surface area (Å²) in [5.41, 5.74) is 4.50. The molecule has 0 bridgehead atoms. The number of phenolic OH excluding ortho intramolecular Hbond substituents is 1. The van der Waals surface area contributed by atoms with Gasteiger partial charge >= 0.3 is 0 Å². The lowest BCUT2D eigenvalue weighted by molar-refractivity contribution is 0.0952. The molecule has 2 N–H and O–H groups in total. The Kier molecular flexibility index (Phi) is 5.16. The van der Waals surface area contributed by atoms with E-state index in [2.05, 4.69) is 26.5 Å². The predicted molar refractivity (Wildman–Crippen MR) is 91.6 cm³/mol. The minimum atomic E-state index is -0.472. The Hall–Kier alpha value is -2.34. The predicted octanol–water partition coefficient (Wildman–Crippen LogP) is 2.98. The van der Waals surface area contributed by atoms with Crippen LogP contribution in [-0.4, -0.2) is 31.3 Å². The van der Waals surface area contributed by atoms with Crippen LogP contribution in [-0.2, 0) is 0 Å². The van der Waals surface area contributed by atoms with Gasteiger partial charge in [-0.25, -0.2) is 5.43 Å². The third-order valence-electron chi connectivity index (χ3n) is 2.99. The van der Waals surface area contributed by atoms with Crippen molar-refractivity contribution in [1.29, 1.82) is 0 Å². The van der Waals surface area contributed by atoms with Crippen LogP contribution in [0, 0.1) is 0 Å². The normalized spacial score (nSPS) is 10.7. The average molecular weight is 362 g/mol. The number of halogens is 1. The molecule has 22 heavy (non-hydrogen) atoms. The third kappa shape index (κ3) is 4.08. The van der Waals surface area contributed by atoms with Crippen molar-refractivity contribution in [2.24, 2.45) is 5.10 Å². The number of benzene rings is 2. The van der Waals surface area contributed by atoms with Crippen LogP contribution in [0.5, 0.6) is 5.75 Å². The number of nitrogens with zero attached hydrogens (tertiary/aromatic N) is 2. The van der Waals surface area contributed by atoms with E-state index in [0.717, 1.165) is 11.3 Å². The number of hydrogen-bond donors (Lipinski definition) is 2. The molecule has 0 atom stereocenters. The Bertz CT molecular complexity index is 697. The molecule has 2 aromatic rings. The summed E-state index contributed by atoms with van der Waals surface area (Å²) in [6, 6.07) is 12.4. The van der Waals surface area contributed by atoms with Gasteiger partial charge in [0.2, 0.25) is 0 Å². The van der Waals surface area contributed by atoms with Crippen molar-refractivity contribution < 1.29 is 9.90 Å². The summed E-state index contributed by atoms with van der Waals surface area (Å²) in [5.74, 6) is -0.564. The summed E-state index contributed by atoms with van der Waals surface area (Å²) in [4.78, 5) is 13.9. The standard InChI is InChI=1S/C16H16BrN3O2/c1-20(2)13-6-3-11(4-7-13)10-18-19-16(22)14-9-12(17)5-8-15(14)21/h3-10,21H,1-2H3,(H,19,22)/b18-10+. The molecule has 0 saturated heterocycles. The molecule has 0 radical (unpaired) electrons. The highest BCUT2D eigenvalue weighted by Gasteiger charge is 2.10. The molecule has 0 aliphatic carbocycles. The summed E-state index contributed by atoms with van der Waals surface area (Å²) in [5, 5.41) is 13.6. The molecule has 5 nitrogen and oxygen atoms in total. The number of anilines is 1. The van der Waals surface area contributed by atoms with E-state index in [-0.39, 0.29) is 11.3 Å². The SMILES string of the molecule is CN(C)c1ccc(/C=N/NC(=O)c2cc(Br)ccc2O)cc1. The molecule has 0 heterocycles. The van der Waals surface area contributed by atoms with Crippen molar-refractivity contribution in [2.75, 3.05) is 19.0 Å². The van der Waals surface area contributed by atoms with Gasteiger partial charge in [0.1, 0.15) is 5.75 Å². The highest BCUT2D eigenvalue weighted by atomic mass is 79.9. The van der Waals surface area contributed by atoms with Gasteiger partial charge in [0.25, 0.3) is 5.91 Å². The Balaban J connectivity index is 2.02. The van der Waals surface area contributed by atoms with Gasteiger partial charge in [0.05, 0.1) is 11.8 Å². The van der Waals surface area contributed by atoms with Gasteiger partial charge in [-0.2, -0.15) is 5.10 Å². The van der Waals surface area contributed by atoms with Gasteiger partial charge in [-0.05, 0) is 35.9 Å². The van der Waals surface area contributed by atoms with Crippen LogP contribution in [0.15, 0.2) is 52.0 Å². The van der Waals surface area contributed by atoms with Crippen molar-refractivity contribution in [3.8, 4) is 5.75 Å². The van der Waals surface area contributed by atoms with Crippen molar-refractivity contribution in [3.63, 3.8) is 0 Å². The summed E-state index contributed by atoms with van der Waals surface area (Å²) in [6.07, 6.45) is 1.55. The smallest absolute Gasteiger partial charge is 0.275 e. The van der Waals surface area contributed by atoms with Crippen LogP contribution >= 0.6 is 15.9 Å². The molecule has 0 unspecified atom stereocenters. The van der Waals surface area contributed by atoms with Crippen LogP contribution in [0.3, 0.4) is 0 Å². The van der Waals surface area contributed by atoms with E-state index in [1.807, 2.05) is 43.3 Å². The van der Waals surface area contributed by atoms with E-state index in [1.165, 1.54) is 12.1 Å². The molecule has 0 aromatic heterocycles. The van der Waals surface area contributed by atoms with Gasteiger partial charge in [-0.1, -0.05) is 28.1 Å². The lowest BCUT2D eigenvalue weighted by atomic mass is 10.2. The highest BCUT2D eigenvalue weighted by Crippen LogP contribution is 2.21. The van der Waals surface area contributed by atoms with Crippen LogP contribution in [0.4, 0.5) is 5.69 Å². The van der Waals surface area contributed by atoms with Crippen molar-refractivity contribution in [3.05, 3.63) is 58.1 Å². The number of aromatic hydroxyl groups is 1. The Morgan fingerprint density at radius 3 is 2.55 bits per heavy atom. The first kappa shape index (κ1) is 16.0. The van der Waals surface area contributed by atoms with Gasteiger partial charge in [-0.3, -0.25) is 4.79 Å². The maximum atomic E-state index is 11.9. The molecule has 2 aromatic carbocycles. The first-order chi connectivity index (χ1) is 10.5. The molecule has 1 amide bonds. The minimum Gasteiger partial charge on any atom is -0.507 e. The maximum Gasteiger partial charge on any atom is 0.275 e. The van der Waals surface area contributed by atoms with Crippen molar-refractivity contribution in [1.82, 2.24) is 5.43 Å². The zero-order chi connectivity index (χ0) is 16.1. The fraction of sp³-hybridized carbons (Fsp3) is 0.125. The van der Waals surface area contributed by atoms with Crippen LogP contribution < -0.4 is 10.3 Å². The van der Waals surface area contributed by atoms with Crippen molar-refractivity contribution >= 4 is 33.7 Å². The minimum absolute atomic E-state index is 0.0914. The molecule has 0 aliphatic rings. The second kappa shape index (κ2) is 7.09. The summed E-state index contributed by atoms with van der Waals surface area (Å²) >= 11 is 3.25. The first-order valence-electron chi connectivity index (χ1n) is 6.56. The highest BCUT2D eigenvalue weighted by molar-refractivity contribution is 9.10. The first-order valence-corrected chi connectivity index (χ1v) is 7.36. The van der Waals surface area contributed by atoms with Gasteiger partial charge in [0.15, 0.2) is 0 Å². The molecule has 0 fully saturated rings. The van der Waals surface area contributed by atoms with Crippen molar-refractivity contribution in [2.45, 2.75) is 0 Å². The Morgan fingerprint density at radius 1 is 1.23 bits per heavy atom. The van der Waals surface area contributed by atoms with E-state index in [4.69, 9.17) is 0 Å². The van der Waals surface area contributed by atoms with E-state index in [1.54, 1.807) is 12.3 Å². The van der Waals surface area contributed by atoms with Crippen LogP contribution in [0.1, 0.15) is 15.9 Å². The number of phenols is 1. The maximum absolute atomic E-state index is 11.9. The fourth-order valence-corrected chi connectivity index (χ4v) is 2.14. The molecule has 0 spiro atoms. The number of amides is 1. The summed E-state index contributed by atoms with van der Waals surface area (Å²) < 4.78 is 0.707. The second-order valence-electron chi connectivity index (χ2n) is 4.85. The molecule has 6 heteroatoms. The quantitative estimate of drug-likeness (QED) is 0.649. The number of hydrazone groups is 1. The number of carbonyl (C=O) groups is 1. The van der Waals surface area contributed by atoms with Crippen LogP contribution in [0.2, 0.25) is 0 Å². The summed E-state index contributed by atoms with van der Waals surface area (Å²) in [7, 11) is 3.93. The average Bonchev–Trinajstić information content (AvgIpc) is 2.50. The number of nitrogens with one attached hydrogen (secondary N) is 1. The zero-order valence-electron chi connectivity index (χ0n) is 12.2. The number of rotatable bonds is 4. The Morgan fingerprint density at radius 2 is 1.91 bits per heavy atom. The summed E-state index contributed by atoms with van der Waals surface area (Å²) in [6.45, 7) is 0.